The second kappa shape index (κ2) is 7.32. The average molecular weight is 387 g/mol. The van der Waals surface area contributed by atoms with E-state index in [2.05, 4.69) is 0 Å². The number of amides is 1. The lowest BCUT2D eigenvalue weighted by molar-refractivity contribution is 0.0240. The van der Waals surface area contributed by atoms with E-state index < -0.39 is 30.1 Å². The third-order valence-corrected chi connectivity index (χ3v) is 4.31. The molecule has 0 radical (unpaired) electrons. The quantitative estimate of drug-likeness (QED) is 0.808. The molecule has 0 spiro atoms. The molecular formula is C17H23BF3N2O4-. The largest absolute Gasteiger partial charge is 0.509 e. The minimum Gasteiger partial charge on any atom is -0.478 e. The second-order valence-electron chi connectivity index (χ2n) is 7.54. The van der Waals surface area contributed by atoms with Gasteiger partial charge in [-0.1, -0.05) is 11.6 Å². The molecule has 27 heavy (non-hydrogen) atoms. The Morgan fingerprint density at radius 2 is 1.67 bits per heavy atom. The van der Waals surface area contributed by atoms with Crippen LogP contribution in [0.25, 0.3) is 0 Å². The summed E-state index contributed by atoms with van der Waals surface area (Å²) in [5.41, 5.74) is -2.00. The molecule has 0 saturated carbocycles. The van der Waals surface area contributed by atoms with Crippen LogP contribution in [-0.2, 0) is 4.74 Å². The van der Waals surface area contributed by atoms with Gasteiger partial charge in [-0.05, 0) is 33.8 Å². The first kappa shape index (κ1) is 20.9. The first-order chi connectivity index (χ1) is 12.3. The predicted molar refractivity (Wildman–Crippen MR) is 96.9 cm³/mol. The van der Waals surface area contributed by atoms with Gasteiger partial charge in [-0.25, -0.2) is 9.59 Å². The van der Waals surface area contributed by atoms with Crippen LogP contribution >= 0.6 is 0 Å². The predicted octanol–water partition coefficient (Wildman–Crippen LogP) is 2.80. The molecule has 1 aromatic carbocycles. The van der Waals surface area contributed by atoms with Gasteiger partial charge in [0.25, 0.3) is 0 Å². The van der Waals surface area contributed by atoms with Gasteiger partial charge < -0.3 is 32.6 Å². The van der Waals surface area contributed by atoms with Gasteiger partial charge >= 0.3 is 19.0 Å². The van der Waals surface area contributed by atoms with Gasteiger partial charge in [-0.3, -0.25) is 0 Å². The van der Waals surface area contributed by atoms with E-state index in [1.807, 2.05) is 0 Å². The van der Waals surface area contributed by atoms with Crippen molar-refractivity contribution in [2.45, 2.75) is 33.3 Å². The number of piperazine rings is 1. The lowest BCUT2D eigenvalue weighted by atomic mass is 9.75. The number of hydrogen-bond acceptors (Lipinski definition) is 4. The summed E-state index contributed by atoms with van der Waals surface area (Å²) in [6.07, 6.45) is -0.475. The molecule has 1 aromatic rings. The molecule has 1 aliphatic heterocycles. The number of carbonyl (C=O) groups excluding carboxylic acids is 1. The first-order valence-corrected chi connectivity index (χ1v) is 8.60. The minimum atomic E-state index is -5.34. The Bertz CT molecular complexity index is 739. The summed E-state index contributed by atoms with van der Waals surface area (Å²) in [6, 6.07) is 2.25. The highest BCUT2D eigenvalue weighted by Crippen LogP contribution is 2.24. The van der Waals surface area contributed by atoms with Crippen molar-refractivity contribution in [3.63, 3.8) is 0 Å². The Balaban J connectivity index is 2.22. The van der Waals surface area contributed by atoms with Crippen LogP contribution in [0.2, 0.25) is 0 Å². The molecule has 1 heterocycles. The lowest BCUT2D eigenvalue weighted by Crippen LogP contribution is -2.50. The lowest BCUT2D eigenvalue weighted by Gasteiger charge is -2.37. The van der Waals surface area contributed by atoms with E-state index in [-0.39, 0.29) is 43.0 Å². The van der Waals surface area contributed by atoms with Crippen LogP contribution in [-0.4, -0.2) is 60.8 Å². The van der Waals surface area contributed by atoms with Gasteiger partial charge in [0.1, 0.15) is 5.60 Å². The maximum absolute atomic E-state index is 13.3. The molecule has 0 aliphatic carbocycles. The standard InChI is InChI=1S/C17H23BF3N2O4/c1-11-13(15(24)25)9-12(10-14(11)18(19,20)21)22-5-7-23(8-6-22)16(26)27-17(2,3)4/h9-10H,5-8H2,1-4H3,(H,24,25)/q-1. The number of anilines is 1. The van der Waals surface area contributed by atoms with Crippen molar-refractivity contribution in [3.8, 4) is 0 Å². The van der Waals surface area contributed by atoms with Gasteiger partial charge in [-0.2, -0.15) is 0 Å². The highest BCUT2D eigenvalue weighted by molar-refractivity contribution is 6.74. The fourth-order valence-electron chi connectivity index (χ4n) is 2.94. The summed E-state index contributed by atoms with van der Waals surface area (Å²) in [4.78, 5) is 26.6. The Morgan fingerprint density at radius 3 is 2.11 bits per heavy atom. The van der Waals surface area contributed by atoms with Crippen LogP contribution in [0.15, 0.2) is 12.1 Å². The summed E-state index contributed by atoms with van der Waals surface area (Å²) in [7, 11) is 0. The normalized spacial score (nSPS) is 15.7. The summed E-state index contributed by atoms with van der Waals surface area (Å²) in [5.74, 6) is -1.40. The number of ether oxygens (including phenoxy) is 1. The molecule has 1 fully saturated rings. The monoisotopic (exact) mass is 387 g/mol. The summed E-state index contributed by atoms with van der Waals surface area (Å²) < 4.78 is 45.3. The zero-order valence-corrected chi connectivity index (χ0v) is 15.8. The fourth-order valence-corrected chi connectivity index (χ4v) is 2.94. The summed E-state index contributed by atoms with van der Waals surface area (Å²) >= 11 is 0. The topological polar surface area (TPSA) is 70.1 Å². The second-order valence-corrected chi connectivity index (χ2v) is 7.54. The number of carboxylic acid groups (broad SMARTS) is 1. The number of carbonyl (C=O) groups is 2. The number of halogens is 3. The molecule has 1 aliphatic rings. The summed E-state index contributed by atoms with van der Waals surface area (Å²) in [5, 5.41) is 9.25. The third kappa shape index (κ3) is 5.08. The van der Waals surface area contributed by atoms with E-state index in [1.165, 1.54) is 11.0 Å². The highest BCUT2D eigenvalue weighted by Gasteiger charge is 2.32. The van der Waals surface area contributed by atoms with Crippen molar-refractivity contribution >= 4 is 30.2 Å². The van der Waals surface area contributed by atoms with Crippen molar-refractivity contribution in [2.24, 2.45) is 0 Å². The molecule has 1 amide bonds. The van der Waals surface area contributed by atoms with Gasteiger partial charge in [-0.15, -0.1) is 5.46 Å². The number of hydrogen-bond donors (Lipinski definition) is 1. The van der Waals surface area contributed by atoms with Gasteiger partial charge in [0, 0.05) is 31.9 Å². The van der Waals surface area contributed by atoms with Crippen molar-refractivity contribution in [1.29, 1.82) is 0 Å². The zero-order chi connectivity index (χ0) is 20.6. The Morgan fingerprint density at radius 1 is 1.11 bits per heavy atom. The Kier molecular flexibility index (Phi) is 5.67. The smallest absolute Gasteiger partial charge is 0.478 e. The van der Waals surface area contributed by atoms with E-state index in [9.17, 15) is 27.6 Å². The molecule has 1 saturated heterocycles. The van der Waals surface area contributed by atoms with Crippen LogP contribution in [0.1, 0.15) is 36.7 Å². The van der Waals surface area contributed by atoms with Gasteiger partial charge in [0.2, 0.25) is 0 Å². The molecule has 10 heteroatoms. The highest BCUT2D eigenvalue weighted by atomic mass is 19.4. The maximum atomic E-state index is 13.3. The van der Waals surface area contributed by atoms with Crippen molar-refractivity contribution in [2.75, 3.05) is 31.1 Å². The maximum Gasteiger partial charge on any atom is 0.509 e. The van der Waals surface area contributed by atoms with E-state index >= 15 is 0 Å². The first-order valence-electron chi connectivity index (χ1n) is 8.60. The molecule has 1 N–H and O–H groups in total. The molecule has 0 aromatic heterocycles. The number of rotatable bonds is 3. The van der Waals surface area contributed by atoms with Crippen molar-refractivity contribution in [3.05, 3.63) is 23.3 Å². The van der Waals surface area contributed by atoms with E-state index in [1.54, 1.807) is 25.7 Å². The van der Waals surface area contributed by atoms with Crippen LogP contribution in [0.4, 0.5) is 23.4 Å². The Hall–Kier alpha value is -2.39. The van der Waals surface area contributed by atoms with Gasteiger partial charge in [0.05, 0.1) is 5.56 Å². The number of benzene rings is 1. The molecule has 6 nitrogen and oxygen atoms in total. The van der Waals surface area contributed by atoms with Crippen molar-refractivity contribution < 1.29 is 32.4 Å². The average Bonchev–Trinajstić information content (AvgIpc) is 2.52. The van der Waals surface area contributed by atoms with E-state index in [0.717, 1.165) is 13.0 Å². The SMILES string of the molecule is Cc1c(C(=O)O)cc(N2CCN(C(=O)OC(C)(C)C)CC2)cc1[B-](F)(F)F. The molecule has 0 bridgehead atoms. The van der Waals surface area contributed by atoms with Crippen LogP contribution in [0, 0.1) is 6.92 Å². The molecule has 2 rings (SSSR count). The Labute approximate surface area is 155 Å². The number of nitrogens with zero attached hydrogens (tertiary/aromatic N) is 2. The zero-order valence-electron chi connectivity index (χ0n) is 15.8. The summed E-state index contributed by atoms with van der Waals surface area (Å²) in [6.45, 7) is 2.20. The van der Waals surface area contributed by atoms with Crippen LogP contribution in [0.5, 0.6) is 0 Å². The fraction of sp³-hybridized carbons (Fsp3) is 0.529. The minimum absolute atomic E-state index is 0.191. The molecule has 0 unspecified atom stereocenters. The van der Waals surface area contributed by atoms with Crippen LogP contribution in [0.3, 0.4) is 0 Å². The number of carboxylic acids is 1. The van der Waals surface area contributed by atoms with Crippen molar-refractivity contribution in [1.82, 2.24) is 4.90 Å². The molecular weight excluding hydrogens is 364 g/mol. The van der Waals surface area contributed by atoms with E-state index in [0.29, 0.717) is 0 Å². The van der Waals surface area contributed by atoms with E-state index in [4.69, 9.17) is 4.74 Å². The molecule has 0 atom stereocenters. The van der Waals surface area contributed by atoms with Crippen LogP contribution < -0.4 is 10.4 Å². The van der Waals surface area contributed by atoms with Gasteiger partial charge in [0.15, 0.2) is 0 Å². The molecule has 150 valence electrons. The number of aromatic carboxylic acids is 1. The third-order valence-electron chi connectivity index (χ3n) is 4.31.